The van der Waals surface area contributed by atoms with Crippen molar-refractivity contribution >= 4 is 11.6 Å². The molecule has 1 aromatic rings. The van der Waals surface area contributed by atoms with Crippen LogP contribution in [0.25, 0.3) is 0 Å². The van der Waals surface area contributed by atoms with E-state index in [4.69, 9.17) is 16.3 Å². The number of ether oxygens (including phenoxy) is 1. The summed E-state index contributed by atoms with van der Waals surface area (Å²) in [4.78, 5) is 0. The van der Waals surface area contributed by atoms with Gasteiger partial charge in [0.25, 0.3) is 0 Å². The zero-order valence-corrected chi connectivity index (χ0v) is 9.31. The van der Waals surface area contributed by atoms with Crippen LogP contribution in [0.4, 0.5) is 4.39 Å². The van der Waals surface area contributed by atoms with Gasteiger partial charge in [-0.3, -0.25) is 0 Å². The van der Waals surface area contributed by atoms with Gasteiger partial charge in [0.2, 0.25) is 0 Å². The van der Waals surface area contributed by atoms with Gasteiger partial charge < -0.3 is 15.2 Å². The van der Waals surface area contributed by atoms with Crippen LogP contribution in [0, 0.1) is 0 Å². The number of halogens is 2. The second kappa shape index (κ2) is 5.19. The summed E-state index contributed by atoms with van der Waals surface area (Å²) in [6, 6.07) is 2.68. The number of nitrogens with one attached hydrogen (secondary N) is 1. The summed E-state index contributed by atoms with van der Waals surface area (Å²) in [6.45, 7) is 0.160. The summed E-state index contributed by atoms with van der Waals surface area (Å²) < 4.78 is 18.4. The van der Waals surface area contributed by atoms with E-state index in [1.165, 1.54) is 19.2 Å². The lowest BCUT2D eigenvalue weighted by Crippen LogP contribution is -2.14. The molecular weight excluding hydrogens is 221 g/mol. The standard InChI is InChI=1S/C10H13ClFNO2/c1-13-5-8(12)6-3-10(15-2)9(14)4-7(6)11/h3-4,8,13-14H,5H2,1-2H3. The fraction of sp³-hybridized carbons (Fsp3) is 0.400. The number of phenolic OH excluding ortho intramolecular Hbond substituents is 1. The van der Waals surface area contributed by atoms with E-state index < -0.39 is 6.17 Å². The molecule has 0 aliphatic carbocycles. The van der Waals surface area contributed by atoms with Gasteiger partial charge in [0.05, 0.1) is 12.1 Å². The molecule has 0 aromatic heterocycles. The number of hydrogen-bond donors (Lipinski definition) is 2. The predicted octanol–water partition coefficient (Wildman–Crippen LogP) is 2.28. The van der Waals surface area contributed by atoms with Crippen molar-refractivity contribution in [2.45, 2.75) is 6.17 Å². The zero-order valence-electron chi connectivity index (χ0n) is 8.55. The second-order valence-electron chi connectivity index (χ2n) is 3.07. The molecule has 1 atom stereocenters. The minimum atomic E-state index is -1.23. The van der Waals surface area contributed by atoms with E-state index in [1.807, 2.05) is 0 Å². The Balaban J connectivity index is 3.06. The highest BCUT2D eigenvalue weighted by molar-refractivity contribution is 6.31. The van der Waals surface area contributed by atoms with E-state index in [1.54, 1.807) is 7.05 Å². The first-order valence-corrected chi connectivity index (χ1v) is 4.83. The molecule has 84 valence electrons. The van der Waals surface area contributed by atoms with Gasteiger partial charge in [-0.25, -0.2) is 4.39 Å². The van der Waals surface area contributed by atoms with Gasteiger partial charge in [-0.15, -0.1) is 0 Å². The van der Waals surface area contributed by atoms with Crippen LogP contribution in [0.2, 0.25) is 5.02 Å². The first-order valence-electron chi connectivity index (χ1n) is 4.45. The Kier molecular flexibility index (Phi) is 4.17. The van der Waals surface area contributed by atoms with Crippen molar-refractivity contribution in [2.24, 2.45) is 0 Å². The normalized spacial score (nSPS) is 12.5. The SMILES string of the molecule is CNCC(F)c1cc(OC)c(O)cc1Cl. The van der Waals surface area contributed by atoms with Crippen molar-refractivity contribution in [3.8, 4) is 11.5 Å². The lowest BCUT2D eigenvalue weighted by molar-refractivity contribution is 0.331. The van der Waals surface area contributed by atoms with Gasteiger partial charge in [0.15, 0.2) is 11.5 Å². The number of benzene rings is 1. The Hall–Kier alpha value is -1.00. The van der Waals surface area contributed by atoms with Crippen molar-refractivity contribution < 1.29 is 14.2 Å². The molecule has 0 fully saturated rings. The molecule has 0 aliphatic rings. The third kappa shape index (κ3) is 2.73. The molecule has 1 aromatic carbocycles. The third-order valence-electron chi connectivity index (χ3n) is 2.02. The van der Waals surface area contributed by atoms with Crippen LogP contribution >= 0.6 is 11.6 Å². The Labute approximate surface area is 92.8 Å². The quantitative estimate of drug-likeness (QED) is 0.839. The van der Waals surface area contributed by atoms with Gasteiger partial charge in [-0.1, -0.05) is 11.6 Å². The molecule has 15 heavy (non-hydrogen) atoms. The van der Waals surface area contributed by atoms with Gasteiger partial charge >= 0.3 is 0 Å². The summed E-state index contributed by atoms with van der Waals surface area (Å²) in [7, 11) is 3.05. The van der Waals surface area contributed by atoms with Crippen LogP contribution in [-0.4, -0.2) is 25.8 Å². The lowest BCUT2D eigenvalue weighted by atomic mass is 10.1. The maximum absolute atomic E-state index is 13.6. The van der Waals surface area contributed by atoms with Gasteiger partial charge in [0.1, 0.15) is 6.17 Å². The molecule has 1 unspecified atom stereocenters. The van der Waals surface area contributed by atoms with Gasteiger partial charge in [-0.05, 0) is 13.1 Å². The highest BCUT2D eigenvalue weighted by atomic mass is 35.5. The average molecular weight is 234 g/mol. The van der Waals surface area contributed by atoms with Gasteiger partial charge in [0, 0.05) is 18.2 Å². The molecule has 1 rings (SSSR count). The van der Waals surface area contributed by atoms with Crippen LogP contribution in [0.1, 0.15) is 11.7 Å². The Morgan fingerprint density at radius 1 is 1.60 bits per heavy atom. The minimum Gasteiger partial charge on any atom is -0.504 e. The first-order chi connectivity index (χ1) is 7.10. The Bertz CT molecular complexity index is 346. The van der Waals surface area contributed by atoms with Crippen molar-refractivity contribution in [1.29, 1.82) is 0 Å². The smallest absolute Gasteiger partial charge is 0.160 e. The van der Waals surface area contributed by atoms with Crippen LogP contribution in [-0.2, 0) is 0 Å². The minimum absolute atomic E-state index is 0.0945. The summed E-state index contributed by atoms with van der Waals surface area (Å²) >= 11 is 5.81. The van der Waals surface area contributed by atoms with Crippen molar-refractivity contribution in [2.75, 3.05) is 20.7 Å². The number of rotatable bonds is 4. The molecule has 0 saturated carbocycles. The van der Waals surface area contributed by atoms with Crippen molar-refractivity contribution in [3.63, 3.8) is 0 Å². The fourth-order valence-corrected chi connectivity index (χ4v) is 1.53. The molecule has 0 radical (unpaired) electrons. The van der Waals surface area contributed by atoms with E-state index in [0.717, 1.165) is 0 Å². The summed E-state index contributed by atoms with van der Waals surface area (Å²) in [5.41, 5.74) is 0.306. The molecule has 0 heterocycles. The largest absolute Gasteiger partial charge is 0.504 e. The van der Waals surface area contributed by atoms with E-state index in [0.29, 0.717) is 5.56 Å². The topological polar surface area (TPSA) is 41.5 Å². The molecule has 0 aliphatic heterocycles. The zero-order chi connectivity index (χ0) is 11.4. The number of methoxy groups -OCH3 is 1. The lowest BCUT2D eigenvalue weighted by Gasteiger charge is -2.12. The van der Waals surface area contributed by atoms with Crippen LogP contribution < -0.4 is 10.1 Å². The van der Waals surface area contributed by atoms with Crippen molar-refractivity contribution in [1.82, 2.24) is 5.32 Å². The monoisotopic (exact) mass is 233 g/mol. The number of alkyl halides is 1. The fourth-order valence-electron chi connectivity index (χ4n) is 1.25. The molecule has 0 saturated heterocycles. The number of phenols is 1. The molecule has 0 amide bonds. The average Bonchev–Trinajstić information content (AvgIpc) is 2.18. The Morgan fingerprint density at radius 2 is 2.27 bits per heavy atom. The van der Waals surface area contributed by atoms with Crippen LogP contribution in [0.15, 0.2) is 12.1 Å². The highest BCUT2D eigenvalue weighted by Gasteiger charge is 2.16. The third-order valence-corrected chi connectivity index (χ3v) is 2.35. The van der Waals surface area contributed by atoms with Crippen molar-refractivity contribution in [3.05, 3.63) is 22.7 Å². The number of hydrogen-bond acceptors (Lipinski definition) is 3. The molecule has 5 heteroatoms. The molecule has 3 nitrogen and oxygen atoms in total. The highest BCUT2D eigenvalue weighted by Crippen LogP contribution is 2.35. The number of aromatic hydroxyl groups is 1. The molecule has 0 bridgehead atoms. The molecular formula is C10H13ClFNO2. The first kappa shape index (κ1) is 12.1. The molecule has 0 spiro atoms. The van der Waals surface area contributed by atoms with E-state index in [9.17, 15) is 9.50 Å². The Morgan fingerprint density at radius 3 is 2.80 bits per heavy atom. The maximum atomic E-state index is 13.6. The summed E-state index contributed by atoms with van der Waals surface area (Å²) in [5.74, 6) is 0.121. The van der Waals surface area contributed by atoms with E-state index in [2.05, 4.69) is 5.32 Å². The van der Waals surface area contributed by atoms with Crippen LogP contribution in [0.5, 0.6) is 11.5 Å². The molecule has 2 N–H and O–H groups in total. The maximum Gasteiger partial charge on any atom is 0.160 e. The number of likely N-dealkylation sites (N-methyl/N-ethyl adjacent to an activating group) is 1. The summed E-state index contributed by atoms with van der Waals surface area (Å²) in [6.07, 6.45) is -1.23. The predicted molar refractivity (Wildman–Crippen MR) is 57.4 cm³/mol. The van der Waals surface area contributed by atoms with Gasteiger partial charge in [-0.2, -0.15) is 0 Å². The van der Waals surface area contributed by atoms with E-state index >= 15 is 0 Å². The summed E-state index contributed by atoms with van der Waals surface area (Å²) in [5, 5.41) is 12.3. The van der Waals surface area contributed by atoms with E-state index in [-0.39, 0.29) is 23.1 Å². The second-order valence-corrected chi connectivity index (χ2v) is 3.48. The van der Waals surface area contributed by atoms with Crippen LogP contribution in [0.3, 0.4) is 0 Å².